The van der Waals surface area contributed by atoms with Gasteiger partial charge < -0.3 is 7.43 Å². The maximum Gasteiger partial charge on any atom is 0.0269 e. The van der Waals surface area contributed by atoms with E-state index in [1.165, 1.54) is 12.1 Å². The molecule has 1 rings (SSSR count). The first-order chi connectivity index (χ1) is 4.20. The van der Waals surface area contributed by atoms with E-state index in [-0.39, 0.29) is 32.9 Å². The van der Waals surface area contributed by atoms with Gasteiger partial charge in [-0.2, -0.15) is 0 Å². The molecule has 0 spiro atoms. The van der Waals surface area contributed by atoms with E-state index in [0.29, 0.717) is 5.02 Å². The Morgan fingerprint density at radius 3 is 2.18 bits per heavy atom. The first-order valence-corrected chi connectivity index (χ1v) is 2.98. The summed E-state index contributed by atoms with van der Waals surface area (Å²) in [5, 5.41) is 0.254. The van der Waals surface area contributed by atoms with Crippen LogP contribution < -0.4 is 0 Å². The molecule has 0 aliphatic heterocycles. The van der Waals surface area contributed by atoms with Gasteiger partial charge in [0, 0.05) is 26.2 Å². The molecule has 0 aromatic heterocycles. The summed E-state index contributed by atoms with van der Waals surface area (Å²) >= 11 is 10.7. The van der Waals surface area contributed by atoms with Gasteiger partial charge in [-0.05, 0) is 5.02 Å². The van der Waals surface area contributed by atoms with Crippen LogP contribution in [0.15, 0.2) is 12.1 Å². The average Bonchev–Trinajstić information content (AvgIpc) is 1.80. The van der Waals surface area contributed by atoms with Crippen molar-refractivity contribution in [1.29, 1.82) is 0 Å². The van der Waals surface area contributed by atoms with Crippen molar-refractivity contribution in [3.05, 3.63) is 41.5 Å². The van der Waals surface area contributed by atoms with Crippen LogP contribution in [0.25, 0.3) is 0 Å². The Hall–Kier alpha value is 0.392. The van der Waals surface area contributed by atoms with E-state index in [4.69, 9.17) is 23.2 Å². The van der Waals surface area contributed by atoms with Gasteiger partial charge in [-0.3, -0.25) is 4.39 Å². The third kappa shape index (κ3) is 4.08. The minimum atomic E-state index is -0.499. The summed E-state index contributed by atoms with van der Waals surface area (Å²) in [7, 11) is 0. The van der Waals surface area contributed by atoms with Crippen molar-refractivity contribution in [1.82, 2.24) is 0 Å². The minimum Gasteiger partial charge on any atom is -0.358 e. The van der Waals surface area contributed by atoms with Crippen LogP contribution in [0.1, 0.15) is 0 Å². The van der Waals surface area contributed by atoms with Crippen LogP contribution in [0.5, 0.6) is 0 Å². The van der Waals surface area contributed by atoms with Crippen LogP contribution >= 0.6 is 23.2 Å². The molecule has 0 bridgehead atoms. The molecule has 0 unspecified atom stereocenters. The van der Waals surface area contributed by atoms with Crippen molar-refractivity contribution in [3.63, 3.8) is 0 Å². The second-order valence-electron chi connectivity index (χ2n) is 1.47. The number of halogens is 3. The van der Waals surface area contributed by atoms with Crippen LogP contribution in [0, 0.1) is 19.3 Å². The van der Waals surface area contributed by atoms with E-state index < -0.39 is 5.82 Å². The molecule has 11 heavy (non-hydrogen) atoms. The van der Waals surface area contributed by atoms with Gasteiger partial charge in [-0.1, -0.05) is 5.02 Å². The molecule has 0 N–H and O–H groups in total. The molecule has 0 heterocycles. The predicted molar refractivity (Wildman–Crippen MR) is 41.7 cm³/mol. The van der Waals surface area contributed by atoms with Gasteiger partial charge in [0.05, 0.1) is 0 Å². The van der Waals surface area contributed by atoms with Crippen molar-refractivity contribution in [3.8, 4) is 0 Å². The predicted octanol–water partition coefficient (Wildman–Crippen LogP) is 3.38. The monoisotopic (exact) mass is 365 g/mol. The first-order valence-electron chi connectivity index (χ1n) is 2.23. The normalized spacial score (nSPS) is 7.91. The Balaban J connectivity index is 0. The number of hydrogen-bond donors (Lipinski definition) is 0. The van der Waals surface area contributed by atoms with E-state index >= 15 is 0 Å². The number of hydrogen-bond acceptors (Lipinski definition) is 0. The fraction of sp³-hybridized carbons (Fsp3) is 0. The molecule has 1 aromatic rings. The summed E-state index contributed by atoms with van der Waals surface area (Å²) in [6.45, 7) is 0. The van der Waals surface area contributed by atoms with Gasteiger partial charge in [0.1, 0.15) is 0 Å². The molecule has 0 aliphatic carbocycles. The molecule has 1 aromatic carbocycles. The quantitative estimate of drug-likeness (QED) is 0.489. The van der Waals surface area contributed by atoms with E-state index in [2.05, 4.69) is 6.07 Å². The van der Waals surface area contributed by atoms with E-state index in [0.717, 1.165) is 0 Å². The SMILES string of the molecule is Fc1ccc(Cl)[c-]c1Cl.[CH3-].[Re]. The smallest absolute Gasteiger partial charge is 0.0269 e. The maximum atomic E-state index is 12.3. The molecule has 0 fully saturated rings. The third-order valence-corrected chi connectivity index (χ3v) is 1.31. The van der Waals surface area contributed by atoms with E-state index in [1.807, 2.05) is 0 Å². The van der Waals surface area contributed by atoms with Crippen LogP contribution in [-0.2, 0) is 20.4 Å². The Kier molecular flexibility index (Phi) is 7.57. The minimum absolute atomic E-state index is 0. The maximum absolute atomic E-state index is 12.3. The summed E-state index contributed by atoms with van der Waals surface area (Å²) in [5.74, 6) is -0.499. The van der Waals surface area contributed by atoms with Crippen LogP contribution in [0.2, 0.25) is 10.0 Å². The van der Waals surface area contributed by atoms with E-state index in [1.54, 1.807) is 0 Å². The van der Waals surface area contributed by atoms with Gasteiger partial charge in [-0.15, -0.1) is 41.4 Å². The molecule has 0 atom stereocenters. The molecular formula is C7H5Cl2FRe-2. The molecule has 0 nitrogen and oxygen atoms in total. The van der Waals surface area contributed by atoms with Crippen LogP contribution in [-0.4, -0.2) is 0 Å². The largest absolute Gasteiger partial charge is 0.358 e. The summed E-state index contributed by atoms with van der Waals surface area (Å²) in [6, 6.07) is 4.98. The van der Waals surface area contributed by atoms with Crippen molar-refractivity contribution >= 4 is 23.2 Å². The van der Waals surface area contributed by atoms with Crippen LogP contribution in [0.4, 0.5) is 4.39 Å². The molecule has 4 heteroatoms. The molecule has 0 saturated carbocycles. The summed E-state index contributed by atoms with van der Waals surface area (Å²) < 4.78 is 12.3. The van der Waals surface area contributed by atoms with Gasteiger partial charge in [0.15, 0.2) is 0 Å². The molecule has 0 saturated heterocycles. The molecule has 0 aliphatic rings. The third-order valence-electron chi connectivity index (χ3n) is 0.815. The molecule has 0 amide bonds. The Bertz CT molecular complexity index is 228. The summed E-state index contributed by atoms with van der Waals surface area (Å²) in [4.78, 5) is 0. The van der Waals surface area contributed by atoms with Crippen molar-refractivity contribution in [2.75, 3.05) is 0 Å². The Labute approximate surface area is 89.4 Å². The van der Waals surface area contributed by atoms with Crippen molar-refractivity contribution in [2.24, 2.45) is 0 Å². The van der Waals surface area contributed by atoms with Gasteiger partial charge in [-0.25, -0.2) is 0 Å². The van der Waals surface area contributed by atoms with Crippen molar-refractivity contribution in [2.45, 2.75) is 0 Å². The Morgan fingerprint density at radius 2 is 1.82 bits per heavy atom. The molecule has 63 valence electrons. The second-order valence-corrected chi connectivity index (χ2v) is 2.25. The second kappa shape index (κ2) is 5.97. The standard InChI is InChI=1S/C6H2Cl2F.CH3.Re/c7-4-1-2-6(9)5(8)3-4;;/h1-2H;1H3;/q2*-1;. The van der Waals surface area contributed by atoms with Crippen molar-refractivity contribution < 1.29 is 24.8 Å². The number of benzene rings is 1. The van der Waals surface area contributed by atoms with Gasteiger partial charge in [0.25, 0.3) is 0 Å². The number of rotatable bonds is 0. The van der Waals surface area contributed by atoms with Gasteiger partial charge >= 0.3 is 0 Å². The topological polar surface area (TPSA) is 0 Å². The fourth-order valence-electron chi connectivity index (χ4n) is 0.426. The molecular weight excluding hydrogens is 360 g/mol. The average molecular weight is 365 g/mol. The zero-order valence-electron chi connectivity index (χ0n) is 5.67. The first kappa shape index (κ1) is 13.9. The fourth-order valence-corrected chi connectivity index (χ4v) is 0.796. The Morgan fingerprint density at radius 1 is 1.27 bits per heavy atom. The van der Waals surface area contributed by atoms with Gasteiger partial charge in [0.2, 0.25) is 0 Å². The van der Waals surface area contributed by atoms with E-state index in [9.17, 15) is 4.39 Å². The van der Waals surface area contributed by atoms with Crippen LogP contribution in [0.3, 0.4) is 0 Å². The zero-order chi connectivity index (χ0) is 6.85. The summed E-state index contributed by atoms with van der Waals surface area (Å²) in [5.41, 5.74) is 0. The summed E-state index contributed by atoms with van der Waals surface area (Å²) in [6.07, 6.45) is 0. The molecule has 1 radical (unpaired) electrons. The zero-order valence-corrected chi connectivity index (χ0v) is 9.89.